The number of benzene rings is 2. The zero-order chi connectivity index (χ0) is 44.0. The Bertz CT molecular complexity index is 3390. The highest BCUT2D eigenvalue weighted by molar-refractivity contribution is 6.34. The molecule has 0 spiro atoms. The van der Waals surface area contributed by atoms with E-state index in [0.29, 0.717) is 43.9 Å². The van der Waals surface area contributed by atoms with E-state index in [0.717, 1.165) is 95.8 Å². The van der Waals surface area contributed by atoms with Crippen LogP contribution in [0.4, 0.5) is 0 Å². The first-order valence-electron chi connectivity index (χ1n) is 21.7. The third kappa shape index (κ3) is 6.30. The lowest BCUT2D eigenvalue weighted by Crippen LogP contribution is -2.29. The molecule has 2 amide bonds. The topological polar surface area (TPSA) is 143 Å². The minimum atomic E-state index is 0.0641. The maximum atomic E-state index is 13.1. The Hall–Kier alpha value is -7.74. The highest BCUT2D eigenvalue weighted by Gasteiger charge is 2.33. The second kappa shape index (κ2) is 15.0. The second-order valence-corrected chi connectivity index (χ2v) is 17.2. The molecule has 0 saturated carbocycles. The molecule has 14 nitrogen and oxygen atoms in total. The van der Waals surface area contributed by atoms with Crippen molar-refractivity contribution >= 4 is 79.0 Å². The standard InChI is InChI=1S/2C25H23N5O2/c1-15-9-17-13-28(16(2)31)7-8-29-14-19(18(10-15)25(17)29)24-23(21(32)12-27-24)20-11-26-22-5-3-4-6-30(20)22;1-15-9-17-13-28(16(2)31)7-8-29-14-19(18(10-15)25(17)29)23-21(32)12-27-24(23)20-11-26-22-5-3-4-6-30(20)22/h2*3-6,9-11,14,27H,7-8,12-13H2,1-2H3. The first-order chi connectivity index (χ1) is 31.0. The van der Waals surface area contributed by atoms with Crippen molar-refractivity contribution < 1.29 is 19.2 Å². The lowest BCUT2D eigenvalue weighted by Gasteiger charge is -2.19. The van der Waals surface area contributed by atoms with Gasteiger partial charge in [0.05, 0.1) is 70.4 Å². The van der Waals surface area contributed by atoms with E-state index < -0.39 is 0 Å². The smallest absolute Gasteiger partial charge is 0.219 e. The molecule has 0 saturated heterocycles. The molecule has 0 bridgehead atoms. The average molecular weight is 851 g/mol. The van der Waals surface area contributed by atoms with Crippen LogP contribution in [0.25, 0.3) is 55.6 Å². The van der Waals surface area contributed by atoms with Gasteiger partial charge in [0.15, 0.2) is 11.6 Å². The molecule has 12 rings (SSSR count). The number of Topliss-reactive ketones (excluding diaryl/α,β-unsaturated/α-hetero) is 2. The van der Waals surface area contributed by atoms with Gasteiger partial charge in [0.1, 0.15) is 11.3 Å². The molecule has 4 aliphatic heterocycles. The molecule has 320 valence electrons. The molecular formula is C50H46N10O4. The molecule has 14 heteroatoms. The van der Waals surface area contributed by atoms with Crippen LogP contribution < -0.4 is 10.6 Å². The quantitative estimate of drug-likeness (QED) is 0.220. The van der Waals surface area contributed by atoms with E-state index >= 15 is 0 Å². The summed E-state index contributed by atoms with van der Waals surface area (Å²) in [5.74, 6) is 0.314. The van der Waals surface area contributed by atoms with Crippen molar-refractivity contribution in [2.75, 3.05) is 26.2 Å². The second-order valence-electron chi connectivity index (χ2n) is 17.2. The van der Waals surface area contributed by atoms with E-state index in [-0.39, 0.29) is 36.5 Å². The third-order valence-corrected chi connectivity index (χ3v) is 13.0. The van der Waals surface area contributed by atoms with Crippen LogP contribution in [0.2, 0.25) is 0 Å². The molecule has 0 atom stereocenters. The van der Waals surface area contributed by atoms with E-state index in [1.165, 1.54) is 0 Å². The lowest BCUT2D eigenvalue weighted by molar-refractivity contribution is -0.130. The maximum absolute atomic E-state index is 13.1. The minimum Gasteiger partial charge on any atom is -0.376 e. The minimum absolute atomic E-state index is 0.0641. The first kappa shape index (κ1) is 39.1. The Balaban J connectivity index is 0.000000143. The summed E-state index contributed by atoms with van der Waals surface area (Å²) in [6, 6.07) is 20.3. The van der Waals surface area contributed by atoms with E-state index in [2.05, 4.69) is 80.2 Å². The van der Waals surface area contributed by atoms with Crippen molar-refractivity contribution in [2.24, 2.45) is 0 Å². The maximum Gasteiger partial charge on any atom is 0.219 e. The Kier molecular flexibility index (Phi) is 9.15. The zero-order valence-electron chi connectivity index (χ0n) is 36.1. The van der Waals surface area contributed by atoms with Gasteiger partial charge in [-0.05, 0) is 61.4 Å². The summed E-state index contributed by atoms with van der Waals surface area (Å²) in [5, 5.41) is 8.86. The summed E-state index contributed by atoms with van der Waals surface area (Å²) >= 11 is 0. The number of imidazole rings is 2. The van der Waals surface area contributed by atoms with Gasteiger partial charge in [-0.3, -0.25) is 28.0 Å². The fourth-order valence-corrected chi connectivity index (χ4v) is 10.1. The number of nitrogens with zero attached hydrogens (tertiary/aromatic N) is 8. The van der Waals surface area contributed by atoms with Crippen LogP contribution in [0.3, 0.4) is 0 Å². The predicted octanol–water partition coefficient (Wildman–Crippen LogP) is 6.00. The van der Waals surface area contributed by atoms with E-state index in [4.69, 9.17) is 0 Å². The van der Waals surface area contributed by atoms with Gasteiger partial charge in [0.25, 0.3) is 0 Å². The van der Waals surface area contributed by atoms with Crippen molar-refractivity contribution in [3.8, 4) is 0 Å². The van der Waals surface area contributed by atoms with Crippen LogP contribution in [0.15, 0.2) is 97.8 Å². The van der Waals surface area contributed by atoms with E-state index in [1.54, 1.807) is 20.0 Å². The third-order valence-electron chi connectivity index (χ3n) is 13.0. The number of aryl methyl sites for hydroxylation is 2. The number of fused-ring (bicyclic) bond motifs is 2. The largest absolute Gasteiger partial charge is 0.376 e. The van der Waals surface area contributed by atoms with E-state index in [9.17, 15) is 19.2 Å². The summed E-state index contributed by atoms with van der Waals surface area (Å²) in [6.45, 7) is 11.9. The molecule has 6 aromatic heterocycles. The summed E-state index contributed by atoms with van der Waals surface area (Å²) in [4.78, 5) is 63.1. The lowest BCUT2D eigenvalue weighted by atomic mass is 9.97. The zero-order valence-corrected chi connectivity index (χ0v) is 36.1. The number of ketones is 2. The molecule has 2 N–H and O–H groups in total. The number of aromatic nitrogens is 6. The summed E-state index contributed by atoms with van der Waals surface area (Å²) in [5.41, 5.74) is 15.1. The van der Waals surface area contributed by atoms with Gasteiger partial charge in [-0.2, -0.15) is 0 Å². The number of carbonyl (C=O) groups excluding carboxylic acids is 4. The molecule has 0 aliphatic carbocycles. The molecule has 0 radical (unpaired) electrons. The van der Waals surface area contributed by atoms with Gasteiger partial charge in [-0.15, -0.1) is 0 Å². The summed E-state index contributed by atoms with van der Waals surface area (Å²) < 4.78 is 8.40. The molecule has 10 heterocycles. The van der Waals surface area contributed by atoms with Gasteiger partial charge in [-0.25, -0.2) is 9.97 Å². The number of carbonyl (C=O) groups is 4. The molecule has 0 unspecified atom stereocenters. The molecular weight excluding hydrogens is 805 g/mol. The van der Waals surface area contributed by atoms with Gasteiger partial charge < -0.3 is 29.6 Å². The Morgan fingerprint density at radius 2 is 1.09 bits per heavy atom. The SMILES string of the molecule is CC(=O)N1CCn2cc(C3=C(c4cnc5ccccn45)C(=O)CN3)c3cc(C)cc(c32)C1.CC(=O)N1CCn2cc(C3=C(c4cnc5ccccn45)NCC3=O)c3cc(C)cc(c32)C1. The Labute approximate surface area is 368 Å². The van der Waals surface area contributed by atoms with Gasteiger partial charge in [0, 0.05) is 99.8 Å². The van der Waals surface area contributed by atoms with Crippen LogP contribution in [0.5, 0.6) is 0 Å². The van der Waals surface area contributed by atoms with Crippen molar-refractivity contribution in [2.45, 2.75) is 53.9 Å². The van der Waals surface area contributed by atoms with Crippen molar-refractivity contribution in [1.29, 1.82) is 0 Å². The fraction of sp³-hybridized carbons (Fsp3) is 0.240. The highest BCUT2D eigenvalue weighted by atomic mass is 16.2. The van der Waals surface area contributed by atoms with Crippen LogP contribution in [0, 0.1) is 13.8 Å². The number of rotatable bonds is 4. The molecule has 4 aliphatic rings. The van der Waals surface area contributed by atoms with Crippen LogP contribution in [-0.2, 0) is 45.4 Å². The van der Waals surface area contributed by atoms with Crippen LogP contribution in [0.1, 0.15) is 58.6 Å². The first-order valence-corrected chi connectivity index (χ1v) is 21.7. The van der Waals surface area contributed by atoms with Gasteiger partial charge >= 0.3 is 0 Å². The monoisotopic (exact) mass is 850 g/mol. The van der Waals surface area contributed by atoms with Crippen molar-refractivity contribution in [1.82, 2.24) is 48.3 Å². The normalized spacial score (nSPS) is 16.2. The highest BCUT2D eigenvalue weighted by Crippen LogP contribution is 2.39. The van der Waals surface area contributed by atoms with Crippen molar-refractivity contribution in [3.63, 3.8) is 0 Å². The van der Waals surface area contributed by atoms with Gasteiger partial charge in [-0.1, -0.05) is 35.4 Å². The summed E-state index contributed by atoms with van der Waals surface area (Å²) in [6.07, 6.45) is 11.7. The van der Waals surface area contributed by atoms with Gasteiger partial charge in [0.2, 0.25) is 11.8 Å². The molecule has 8 aromatic rings. The number of hydrogen-bond donors (Lipinski definition) is 2. The number of nitrogens with one attached hydrogen (secondary N) is 2. The number of pyridine rings is 2. The Morgan fingerprint density at radius 3 is 1.67 bits per heavy atom. The molecule has 64 heavy (non-hydrogen) atoms. The predicted molar refractivity (Wildman–Crippen MR) is 246 cm³/mol. The number of amides is 2. The number of hydrogen-bond acceptors (Lipinski definition) is 8. The average Bonchev–Trinajstić information content (AvgIpc) is 4.12. The molecule has 0 fully saturated rings. The van der Waals surface area contributed by atoms with Crippen LogP contribution >= 0.6 is 0 Å². The van der Waals surface area contributed by atoms with Crippen molar-refractivity contribution in [3.05, 3.63) is 143 Å². The van der Waals surface area contributed by atoms with Crippen LogP contribution in [-0.4, -0.2) is 87.3 Å². The molecule has 2 aromatic carbocycles. The summed E-state index contributed by atoms with van der Waals surface area (Å²) in [7, 11) is 0. The fourth-order valence-electron chi connectivity index (χ4n) is 10.1. The van der Waals surface area contributed by atoms with E-state index in [1.807, 2.05) is 73.6 Å². The Morgan fingerprint density at radius 1 is 0.594 bits per heavy atom.